The van der Waals surface area contributed by atoms with Crippen molar-refractivity contribution in [1.29, 1.82) is 0 Å². The largest absolute Gasteiger partial charge is 0.452 e. The first-order chi connectivity index (χ1) is 11.0. The van der Waals surface area contributed by atoms with E-state index in [1.165, 1.54) is 12.2 Å². The van der Waals surface area contributed by atoms with Gasteiger partial charge in [0.1, 0.15) is 0 Å². The molecule has 1 aromatic carbocycles. The van der Waals surface area contributed by atoms with Gasteiger partial charge in [-0.25, -0.2) is 4.79 Å². The van der Waals surface area contributed by atoms with Crippen LogP contribution in [0.4, 0.5) is 5.69 Å². The van der Waals surface area contributed by atoms with Gasteiger partial charge in [0.05, 0.1) is 16.4 Å². The average Bonchev–Trinajstić information content (AvgIpc) is 2.54. The Morgan fingerprint density at radius 3 is 2.83 bits per heavy atom. The first-order valence-electron chi connectivity index (χ1n) is 6.55. The van der Waals surface area contributed by atoms with Crippen molar-refractivity contribution in [3.05, 3.63) is 63.9 Å². The molecule has 0 radical (unpaired) electrons. The summed E-state index contributed by atoms with van der Waals surface area (Å²) < 4.78 is 5.64. The summed E-state index contributed by atoms with van der Waals surface area (Å²) in [5.74, 6) is -1.11. The van der Waals surface area contributed by atoms with Gasteiger partial charge in [-0.05, 0) is 36.4 Å². The monoisotopic (exact) mass is 394 g/mol. The summed E-state index contributed by atoms with van der Waals surface area (Å²) in [5.41, 5.74) is 1.07. The van der Waals surface area contributed by atoms with Gasteiger partial charge in [-0.15, -0.1) is 0 Å². The molecule has 1 aromatic heterocycles. The smallest absolute Gasteiger partial charge is 0.331 e. The highest BCUT2D eigenvalue weighted by Gasteiger charge is 2.08. The molecule has 7 heteroatoms. The normalized spacial score (nSPS) is 10.5. The maximum atomic E-state index is 11.7. The van der Waals surface area contributed by atoms with Crippen molar-refractivity contribution in [1.82, 2.24) is 4.98 Å². The van der Waals surface area contributed by atoms with Crippen molar-refractivity contribution in [3.8, 4) is 0 Å². The average molecular weight is 396 g/mol. The van der Waals surface area contributed by atoms with E-state index in [2.05, 4.69) is 26.2 Å². The number of anilines is 1. The Labute approximate surface area is 146 Å². The van der Waals surface area contributed by atoms with Crippen molar-refractivity contribution in [2.45, 2.75) is 0 Å². The number of nitrogens with zero attached hydrogens (tertiary/aromatic N) is 1. The minimum atomic E-state index is -0.632. The molecule has 0 fully saturated rings. The Morgan fingerprint density at radius 2 is 2.13 bits per heavy atom. The van der Waals surface area contributed by atoms with Gasteiger partial charge in [0.15, 0.2) is 6.61 Å². The third-order valence-electron chi connectivity index (χ3n) is 2.63. The second kappa shape index (κ2) is 8.45. The summed E-state index contributed by atoms with van der Waals surface area (Å²) in [7, 11) is 0. The number of esters is 1. The van der Waals surface area contributed by atoms with E-state index in [0.29, 0.717) is 16.4 Å². The minimum absolute atomic E-state index is 0.383. The summed E-state index contributed by atoms with van der Waals surface area (Å²) in [5, 5.41) is 2.94. The highest BCUT2D eigenvalue weighted by atomic mass is 79.9. The van der Waals surface area contributed by atoms with E-state index < -0.39 is 18.5 Å². The summed E-state index contributed by atoms with van der Waals surface area (Å²) in [6.07, 6.45) is 4.33. The number of pyridine rings is 1. The van der Waals surface area contributed by atoms with E-state index in [0.717, 1.165) is 4.47 Å². The molecule has 0 spiro atoms. The van der Waals surface area contributed by atoms with E-state index >= 15 is 0 Å². The summed E-state index contributed by atoms with van der Waals surface area (Å²) in [4.78, 5) is 27.3. The van der Waals surface area contributed by atoms with E-state index in [-0.39, 0.29) is 0 Å². The Bertz CT molecular complexity index is 735. The number of hydrogen-bond donors (Lipinski definition) is 1. The van der Waals surface area contributed by atoms with Gasteiger partial charge in [-0.1, -0.05) is 33.6 Å². The number of ether oxygens (including phenoxy) is 1. The van der Waals surface area contributed by atoms with Crippen molar-refractivity contribution < 1.29 is 14.3 Å². The summed E-state index contributed by atoms with van der Waals surface area (Å²) >= 11 is 9.25. The number of hydrogen-bond acceptors (Lipinski definition) is 4. The second-order valence-corrected chi connectivity index (χ2v) is 5.69. The lowest BCUT2D eigenvalue weighted by molar-refractivity contribution is -0.142. The molecule has 0 unspecified atom stereocenters. The zero-order valence-corrected chi connectivity index (χ0v) is 14.2. The molecule has 1 heterocycles. The Kier molecular flexibility index (Phi) is 6.31. The number of amides is 1. The maximum absolute atomic E-state index is 11.7. The third kappa shape index (κ3) is 5.84. The first-order valence-corrected chi connectivity index (χ1v) is 7.72. The predicted molar refractivity (Wildman–Crippen MR) is 92.0 cm³/mol. The Hall–Kier alpha value is -2.18. The fraction of sp³-hybridized carbons (Fsp3) is 0.0625. The number of aromatic nitrogens is 1. The third-order valence-corrected chi connectivity index (χ3v) is 3.43. The van der Waals surface area contributed by atoms with Gasteiger partial charge >= 0.3 is 5.97 Å². The van der Waals surface area contributed by atoms with Crippen LogP contribution in [-0.2, 0) is 14.3 Å². The molecule has 0 saturated carbocycles. The van der Waals surface area contributed by atoms with Crippen molar-refractivity contribution >= 4 is 51.2 Å². The van der Waals surface area contributed by atoms with Crippen LogP contribution in [0.15, 0.2) is 53.1 Å². The molecule has 0 aliphatic carbocycles. The highest BCUT2D eigenvalue weighted by molar-refractivity contribution is 9.10. The van der Waals surface area contributed by atoms with Crippen LogP contribution in [0.1, 0.15) is 5.69 Å². The molecule has 2 rings (SSSR count). The number of carbonyl (C=O) groups is 2. The van der Waals surface area contributed by atoms with Crippen LogP contribution in [0.3, 0.4) is 0 Å². The second-order valence-electron chi connectivity index (χ2n) is 4.37. The molecule has 0 bridgehead atoms. The topological polar surface area (TPSA) is 68.3 Å². The minimum Gasteiger partial charge on any atom is -0.452 e. The molecule has 0 aliphatic rings. The van der Waals surface area contributed by atoms with Gasteiger partial charge in [0.2, 0.25) is 0 Å². The maximum Gasteiger partial charge on any atom is 0.331 e. The molecule has 1 N–H and O–H groups in total. The molecule has 1 amide bonds. The number of benzene rings is 1. The van der Waals surface area contributed by atoms with Crippen LogP contribution < -0.4 is 5.32 Å². The number of halogens is 2. The molecule has 0 atom stereocenters. The molecule has 0 aliphatic heterocycles. The van der Waals surface area contributed by atoms with E-state index in [4.69, 9.17) is 16.3 Å². The van der Waals surface area contributed by atoms with E-state index in [9.17, 15) is 9.59 Å². The first kappa shape index (κ1) is 17.2. The zero-order chi connectivity index (χ0) is 16.7. The molecule has 118 valence electrons. The van der Waals surface area contributed by atoms with Crippen molar-refractivity contribution in [2.75, 3.05) is 11.9 Å². The number of nitrogens with one attached hydrogen (secondary N) is 1. The van der Waals surface area contributed by atoms with Crippen LogP contribution in [0.2, 0.25) is 5.02 Å². The molecule has 5 nitrogen and oxygen atoms in total. The van der Waals surface area contributed by atoms with Gasteiger partial charge in [-0.2, -0.15) is 0 Å². The lowest BCUT2D eigenvalue weighted by Crippen LogP contribution is -2.20. The fourth-order valence-electron chi connectivity index (χ4n) is 1.59. The molecular formula is C16H12BrClN2O3. The van der Waals surface area contributed by atoms with Gasteiger partial charge in [0, 0.05) is 16.7 Å². The fourth-order valence-corrected chi connectivity index (χ4v) is 2.31. The molecule has 23 heavy (non-hydrogen) atoms. The highest BCUT2D eigenvalue weighted by Crippen LogP contribution is 2.25. The van der Waals surface area contributed by atoms with Gasteiger partial charge in [-0.3, -0.25) is 9.78 Å². The van der Waals surface area contributed by atoms with Gasteiger partial charge in [0.25, 0.3) is 5.91 Å². The van der Waals surface area contributed by atoms with Crippen molar-refractivity contribution in [2.24, 2.45) is 0 Å². The van der Waals surface area contributed by atoms with Crippen LogP contribution in [0.25, 0.3) is 6.08 Å². The Morgan fingerprint density at radius 1 is 1.30 bits per heavy atom. The summed E-state index contributed by atoms with van der Waals surface area (Å²) in [6, 6.07) is 10.3. The SMILES string of the molecule is O=C(COC(=O)C=Cc1ccccn1)Nc1ccc(Br)cc1Cl. The predicted octanol–water partition coefficient (Wildman–Crippen LogP) is 3.69. The molecular weight excluding hydrogens is 384 g/mol. The zero-order valence-electron chi connectivity index (χ0n) is 11.8. The number of rotatable bonds is 5. The van der Waals surface area contributed by atoms with Crippen LogP contribution >= 0.6 is 27.5 Å². The lowest BCUT2D eigenvalue weighted by atomic mass is 10.3. The Balaban J connectivity index is 1.82. The molecule has 0 saturated heterocycles. The van der Waals surface area contributed by atoms with Gasteiger partial charge < -0.3 is 10.1 Å². The summed E-state index contributed by atoms with van der Waals surface area (Å²) in [6.45, 7) is -0.405. The van der Waals surface area contributed by atoms with Crippen LogP contribution in [-0.4, -0.2) is 23.5 Å². The van der Waals surface area contributed by atoms with Crippen molar-refractivity contribution in [3.63, 3.8) is 0 Å². The van der Waals surface area contributed by atoms with Crippen LogP contribution in [0.5, 0.6) is 0 Å². The quantitative estimate of drug-likeness (QED) is 0.619. The lowest BCUT2D eigenvalue weighted by Gasteiger charge is -2.07. The van der Waals surface area contributed by atoms with Crippen LogP contribution in [0, 0.1) is 0 Å². The number of carbonyl (C=O) groups excluding carboxylic acids is 2. The standard InChI is InChI=1S/C16H12BrClN2O3/c17-11-4-6-14(13(18)9-11)20-15(21)10-23-16(22)7-5-12-3-1-2-8-19-12/h1-9H,10H2,(H,20,21). The van der Waals surface area contributed by atoms with E-state index in [1.54, 1.807) is 42.6 Å². The molecule has 2 aromatic rings. The van der Waals surface area contributed by atoms with E-state index in [1.807, 2.05) is 0 Å².